The summed E-state index contributed by atoms with van der Waals surface area (Å²) >= 11 is 0. The predicted octanol–water partition coefficient (Wildman–Crippen LogP) is 3.36. The van der Waals surface area contributed by atoms with Gasteiger partial charge in [0.1, 0.15) is 5.75 Å². The molecule has 1 atom stereocenters. The van der Waals surface area contributed by atoms with Crippen LogP contribution in [0.2, 0.25) is 0 Å². The van der Waals surface area contributed by atoms with Gasteiger partial charge in [-0.05, 0) is 6.07 Å². The van der Waals surface area contributed by atoms with Crippen LogP contribution in [-0.2, 0) is 6.42 Å². The van der Waals surface area contributed by atoms with Gasteiger partial charge in [-0.2, -0.15) is 4.98 Å². The molecule has 1 N–H and O–H groups in total. The summed E-state index contributed by atoms with van der Waals surface area (Å²) in [5, 5.41) is 7.61. The molecule has 0 aliphatic carbocycles. The van der Waals surface area contributed by atoms with E-state index in [0.717, 1.165) is 43.9 Å². The van der Waals surface area contributed by atoms with Crippen molar-refractivity contribution in [2.45, 2.75) is 12.5 Å². The number of ether oxygens (including phenoxy) is 1. The van der Waals surface area contributed by atoms with Crippen LogP contribution in [0.1, 0.15) is 17.5 Å². The lowest BCUT2D eigenvalue weighted by molar-refractivity contribution is 0.156. The number of piperazine rings is 1. The Morgan fingerprint density at radius 1 is 1.14 bits per heavy atom. The summed E-state index contributed by atoms with van der Waals surface area (Å²) < 4.78 is 11.0. The number of benzene rings is 2. The van der Waals surface area contributed by atoms with E-state index in [9.17, 15) is 0 Å². The molecule has 1 aliphatic heterocycles. The Labute approximate surface area is 171 Å². The minimum absolute atomic E-state index is 0. The zero-order chi connectivity index (χ0) is 18.5. The molecule has 148 valence electrons. The van der Waals surface area contributed by atoms with Gasteiger partial charge in [0, 0.05) is 43.7 Å². The molecule has 2 aromatic carbocycles. The first-order valence-electron chi connectivity index (χ1n) is 9.31. The van der Waals surface area contributed by atoms with Crippen molar-refractivity contribution in [3.05, 3.63) is 66.1 Å². The molecule has 28 heavy (non-hydrogen) atoms. The van der Waals surface area contributed by atoms with Crippen LogP contribution >= 0.6 is 12.4 Å². The van der Waals surface area contributed by atoms with E-state index in [1.54, 1.807) is 7.11 Å². The van der Waals surface area contributed by atoms with Crippen LogP contribution in [-0.4, -0.2) is 48.3 Å². The maximum absolute atomic E-state index is 5.57. The fraction of sp³-hybridized carbons (Fsp3) is 0.333. The van der Waals surface area contributed by atoms with Crippen LogP contribution in [0.3, 0.4) is 0 Å². The van der Waals surface area contributed by atoms with E-state index in [1.165, 1.54) is 5.56 Å². The van der Waals surface area contributed by atoms with E-state index >= 15 is 0 Å². The Kier molecular flexibility index (Phi) is 7.03. The number of methoxy groups -OCH3 is 1. The maximum Gasteiger partial charge on any atom is 0.228 e. The Hall–Kier alpha value is -2.41. The van der Waals surface area contributed by atoms with Gasteiger partial charge in [0.2, 0.25) is 11.7 Å². The molecule has 4 rings (SSSR count). The van der Waals surface area contributed by atoms with E-state index in [1.807, 2.05) is 42.5 Å². The van der Waals surface area contributed by atoms with Crippen LogP contribution in [0.15, 0.2) is 59.1 Å². The van der Waals surface area contributed by atoms with Crippen molar-refractivity contribution >= 4 is 12.4 Å². The van der Waals surface area contributed by atoms with Crippen LogP contribution in [0, 0.1) is 0 Å². The average Bonchev–Trinajstić information content (AvgIpc) is 3.22. The lowest BCUT2D eigenvalue weighted by atomic mass is 10.0. The number of hydrogen-bond acceptors (Lipinski definition) is 6. The molecule has 0 amide bonds. The molecule has 0 radical (unpaired) electrons. The Bertz CT molecular complexity index is 872. The van der Waals surface area contributed by atoms with Gasteiger partial charge in [-0.1, -0.05) is 53.7 Å². The maximum atomic E-state index is 5.57. The highest BCUT2D eigenvalue weighted by molar-refractivity contribution is 5.85. The van der Waals surface area contributed by atoms with Crippen LogP contribution in [0.4, 0.5) is 0 Å². The zero-order valence-corrected chi connectivity index (χ0v) is 16.7. The van der Waals surface area contributed by atoms with E-state index < -0.39 is 0 Å². The first kappa shape index (κ1) is 20.3. The summed E-state index contributed by atoms with van der Waals surface area (Å²) in [5.41, 5.74) is 2.18. The average molecular weight is 401 g/mol. The second kappa shape index (κ2) is 9.68. The Balaban J connectivity index is 0.00000225. The number of aromatic nitrogens is 2. The first-order chi connectivity index (χ1) is 13.3. The molecule has 1 fully saturated rings. The van der Waals surface area contributed by atoms with E-state index in [2.05, 4.69) is 32.5 Å². The minimum atomic E-state index is 0. The highest BCUT2D eigenvalue weighted by Crippen LogP contribution is 2.30. The first-order valence-corrected chi connectivity index (χ1v) is 9.31. The molecule has 3 aromatic rings. The topological polar surface area (TPSA) is 63.4 Å². The highest BCUT2D eigenvalue weighted by atomic mass is 35.5. The molecule has 7 heteroatoms. The molecule has 0 bridgehead atoms. The van der Waals surface area contributed by atoms with Gasteiger partial charge >= 0.3 is 0 Å². The lowest BCUT2D eigenvalue weighted by Gasteiger charge is -2.36. The molecule has 1 aliphatic rings. The van der Waals surface area contributed by atoms with Gasteiger partial charge in [-0.25, -0.2) is 0 Å². The number of rotatable bonds is 6. The summed E-state index contributed by atoms with van der Waals surface area (Å²) in [6.45, 7) is 3.72. The van der Waals surface area contributed by atoms with Gasteiger partial charge in [-0.15, -0.1) is 12.4 Å². The molecule has 1 aromatic heterocycles. The minimum Gasteiger partial charge on any atom is -0.496 e. The summed E-state index contributed by atoms with van der Waals surface area (Å²) in [6.07, 6.45) is 0.728. The number of para-hydroxylation sites is 1. The number of nitrogens with zero attached hydrogens (tertiary/aromatic N) is 3. The van der Waals surface area contributed by atoms with Gasteiger partial charge < -0.3 is 14.6 Å². The number of halogens is 1. The van der Waals surface area contributed by atoms with Crippen molar-refractivity contribution in [2.24, 2.45) is 0 Å². The molecule has 2 heterocycles. The molecular formula is C21H25ClN4O2. The molecular weight excluding hydrogens is 376 g/mol. The summed E-state index contributed by atoms with van der Waals surface area (Å²) in [6, 6.07) is 18.4. The number of hydrogen-bond donors (Lipinski definition) is 1. The van der Waals surface area contributed by atoms with E-state index in [4.69, 9.17) is 9.26 Å². The third kappa shape index (κ3) is 4.52. The highest BCUT2D eigenvalue weighted by Gasteiger charge is 2.26. The third-order valence-electron chi connectivity index (χ3n) is 4.97. The summed E-state index contributed by atoms with van der Waals surface area (Å²) in [5.74, 6) is 2.25. The smallest absolute Gasteiger partial charge is 0.228 e. The summed E-state index contributed by atoms with van der Waals surface area (Å²) in [4.78, 5) is 7.01. The van der Waals surface area contributed by atoms with Gasteiger partial charge in [0.15, 0.2) is 0 Å². The van der Waals surface area contributed by atoms with Crippen LogP contribution < -0.4 is 10.1 Å². The van der Waals surface area contributed by atoms with Gasteiger partial charge in [-0.3, -0.25) is 4.90 Å². The molecule has 1 saturated heterocycles. The van der Waals surface area contributed by atoms with Crippen molar-refractivity contribution in [2.75, 3.05) is 33.3 Å². The monoisotopic (exact) mass is 400 g/mol. The van der Waals surface area contributed by atoms with Crippen molar-refractivity contribution in [1.29, 1.82) is 0 Å². The standard InChI is InChI=1S/C21H24N4O2.ClH/c1-26-19-10-6-5-9-17(19)18-15-22-12-14-25(18)13-11-20-23-21(24-27-20)16-7-3-2-4-8-16;/h2-10,18,22H,11-15H2,1H3;1H. The van der Waals surface area contributed by atoms with Crippen molar-refractivity contribution < 1.29 is 9.26 Å². The normalized spacial score (nSPS) is 17.1. The van der Waals surface area contributed by atoms with Crippen LogP contribution in [0.5, 0.6) is 5.75 Å². The fourth-order valence-corrected chi connectivity index (χ4v) is 3.56. The molecule has 6 nitrogen and oxygen atoms in total. The van der Waals surface area contributed by atoms with Crippen molar-refractivity contribution in [3.63, 3.8) is 0 Å². The van der Waals surface area contributed by atoms with Crippen LogP contribution in [0.25, 0.3) is 11.4 Å². The third-order valence-corrected chi connectivity index (χ3v) is 4.97. The van der Waals surface area contributed by atoms with Gasteiger partial charge in [0.05, 0.1) is 13.2 Å². The van der Waals surface area contributed by atoms with Crippen molar-refractivity contribution in [3.8, 4) is 17.1 Å². The van der Waals surface area contributed by atoms with E-state index in [-0.39, 0.29) is 18.4 Å². The largest absolute Gasteiger partial charge is 0.496 e. The second-order valence-corrected chi connectivity index (χ2v) is 6.63. The molecule has 0 saturated carbocycles. The molecule has 0 spiro atoms. The van der Waals surface area contributed by atoms with Gasteiger partial charge in [0.25, 0.3) is 0 Å². The second-order valence-electron chi connectivity index (χ2n) is 6.63. The Morgan fingerprint density at radius 2 is 1.93 bits per heavy atom. The zero-order valence-electron chi connectivity index (χ0n) is 15.9. The molecule has 1 unspecified atom stereocenters. The quantitative estimate of drug-likeness (QED) is 0.684. The Morgan fingerprint density at radius 3 is 2.75 bits per heavy atom. The van der Waals surface area contributed by atoms with E-state index in [0.29, 0.717) is 11.7 Å². The predicted molar refractivity (Wildman–Crippen MR) is 111 cm³/mol. The summed E-state index contributed by atoms with van der Waals surface area (Å²) in [7, 11) is 1.73. The fourth-order valence-electron chi connectivity index (χ4n) is 3.56. The lowest BCUT2D eigenvalue weighted by Crippen LogP contribution is -2.46. The van der Waals surface area contributed by atoms with Crippen molar-refractivity contribution in [1.82, 2.24) is 20.4 Å². The number of nitrogens with one attached hydrogen (secondary N) is 1. The SMILES string of the molecule is COc1ccccc1C1CNCCN1CCc1nc(-c2ccccc2)no1.Cl.